The Morgan fingerprint density at radius 1 is 1.02 bits per heavy atom. The Balaban J connectivity index is 2.47. The number of carbonyl (C=O) groups is 3. The third kappa shape index (κ3) is 6.64. The van der Waals surface area contributed by atoms with Crippen molar-refractivity contribution < 1.29 is 39.5 Å². The van der Waals surface area contributed by atoms with E-state index in [-0.39, 0.29) is 37.2 Å². The van der Waals surface area contributed by atoms with Gasteiger partial charge in [0, 0.05) is 12.7 Å². The van der Waals surface area contributed by atoms with Crippen LogP contribution in [0.25, 0.3) is 5.76 Å². The summed E-state index contributed by atoms with van der Waals surface area (Å²) in [5, 5.41) is 43.3. The Kier molecular flexibility index (Phi) is 10.9. The molecule has 2 fully saturated rings. The molecule has 3 rings (SSSR count). The highest BCUT2D eigenvalue weighted by molar-refractivity contribution is 6.41. The number of allylic oxidation sites excluding steroid dienone is 6. The largest absolute Gasteiger partial charge is 0.506 e. The highest BCUT2D eigenvalue weighted by Gasteiger charge is 2.74. The Hall–Kier alpha value is -3.49. The quantitative estimate of drug-likeness (QED) is 0.0453. The molecule has 0 radical (unpaired) electrons. The molecule has 2 saturated carbocycles. The van der Waals surface area contributed by atoms with Crippen molar-refractivity contribution >= 4 is 23.1 Å². The van der Waals surface area contributed by atoms with Crippen LogP contribution in [0.1, 0.15) is 100.0 Å². The Bertz CT molecular complexity index is 1530. The lowest BCUT2D eigenvalue weighted by atomic mass is 9.38. The number of hydrogen-bond acceptors (Lipinski definition) is 8. The predicted octanol–water partition coefficient (Wildman–Crippen LogP) is 7.58. The molecule has 0 spiro atoms. The molecule has 0 aliphatic heterocycles. The summed E-state index contributed by atoms with van der Waals surface area (Å²) in [4.78, 5) is 45.3. The van der Waals surface area contributed by atoms with Crippen LogP contribution in [-0.4, -0.2) is 56.6 Å². The fraction of sp³-hybridized carbons (Fsp3) is 0.564. The lowest BCUT2D eigenvalue weighted by Gasteiger charge is -2.61. The second-order valence-electron chi connectivity index (χ2n) is 15.3. The van der Waals surface area contributed by atoms with Gasteiger partial charge in [-0.2, -0.15) is 0 Å². The van der Waals surface area contributed by atoms with Crippen LogP contribution in [0.15, 0.2) is 59.2 Å². The number of hydrogen-bond donors (Lipinski definition) is 4. The molecule has 1 aromatic carbocycles. The first-order valence-electron chi connectivity index (χ1n) is 16.4. The lowest BCUT2D eigenvalue weighted by molar-refractivity contribution is -0.181. The average Bonchev–Trinajstić information content (AvgIpc) is 2.97. The van der Waals surface area contributed by atoms with Crippen LogP contribution in [0.5, 0.6) is 11.5 Å². The minimum absolute atomic E-state index is 0.00138. The molecule has 47 heavy (non-hydrogen) atoms. The lowest BCUT2D eigenvalue weighted by Crippen LogP contribution is -2.70. The van der Waals surface area contributed by atoms with Crippen molar-refractivity contribution in [1.82, 2.24) is 0 Å². The van der Waals surface area contributed by atoms with E-state index >= 15 is 9.59 Å². The van der Waals surface area contributed by atoms with Crippen molar-refractivity contribution in [2.75, 3.05) is 7.11 Å². The molecule has 2 aliphatic rings. The first kappa shape index (κ1) is 38.0. The standard InChI is InChI=1S/C39H54O8/c1-22(2)12-13-26(24(5)6)20-38-21-27(19-30(42)37(9,10)47-11)36(7,8)39(35(38)46,17-16-23(3)4)34(45)31(33(38)44)32(43)25-14-15-28(40)29(41)18-25/h12,14-16,18,26-27,30,40-43H,5,13,17,19-21H2,1-4,6-11H3/b32-31+/t26?,27-,30+,38-,39+/m1/s1. The molecular formula is C39H54O8. The summed E-state index contributed by atoms with van der Waals surface area (Å²) < 4.78 is 5.60. The molecule has 1 unspecified atom stereocenters. The zero-order valence-corrected chi connectivity index (χ0v) is 29.8. The molecule has 258 valence electrons. The van der Waals surface area contributed by atoms with Gasteiger partial charge in [-0.3, -0.25) is 14.4 Å². The van der Waals surface area contributed by atoms with E-state index < -0.39 is 74.0 Å². The number of Topliss-reactive ketones (excluding diaryl/α,β-unsaturated/α-hetero) is 3. The maximum atomic E-state index is 15.3. The molecule has 0 saturated heterocycles. The van der Waals surface area contributed by atoms with Gasteiger partial charge < -0.3 is 25.2 Å². The molecule has 0 heterocycles. The van der Waals surface area contributed by atoms with Crippen molar-refractivity contribution in [2.24, 2.45) is 28.1 Å². The number of benzene rings is 1. The molecule has 5 atom stereocenters. The predicted molar refractivity (Wildman–Crippen MR) is 184 cm³/mol. The molecule has 0 aromatic heterocycles. The number of aliphatic hydroxyl groups excluding tert-OH is 2. The number of ether oxygens (including phenoxy) is 1. The summed E-state index contributed by atoms with van der Waals surface area (Å²) >= 11 is 0. The molecule has 2 aliphatic carbocycles. The van der Waals surface area contributed by atoms with E-state index in [2.05, 4.69) is 6.58 Å². The van der Waals surface area contributed by atoms with Gasteiger partial charge in [0.25, 0.3) is 0 Å². The number of fused-ring (bicyclic) bond motifs is 2. The normalized spacial score (nSPS) is 26.4. The minimum atomic E-state index is -1.77. The summed E-state index contributed by atoms with van der Waals surface area (Å²) in [6.07, 6.45) is 3.71. The van der Waals surface area contributed by atoms with Crippen LogP contribution < -0.4 is 0 Å². The molecular weight excluding hydrogens is 596 g/mol. The van der Waals surface area contributed by atoms with Crippen LogP contribution >= 0.6 is 0 Å². The van der Waals surface area contributed by atoms with Crippen molar-refractivity contribution in [1.29, 1.82) is 0 Å². The van der Waals surface area contributed by atoms with Gasteiger partial charge in [0.05, 0.1) is 17.1 Å². The molecule has 4 N–H and O–H groups in total. The van der Waals surface area contributed by atoms with Gasteiger partial charge in [0.15, 0.2) is 28.8 Å². The second-order valence-corrected chi connectivity index (χ2v) is 15.3. The van der Waals surface area contributed by atoms with Gasteiger partial charge in [-0.05, 0) is 116 Å². The van der Waals surface area contributed by atoms with E-state index in [1.807, 2.05) is 60.6 Å². The molecule has 0 amide bonds. The van der Waals surface area contributed by atoms with Crippen LogP contribution in [0, 0.1) is 28.1 Å². The smallest absolute Gasteiger partial charge is 0.184 e. The van der Waals surface area contributed by atoms with Crippen molar-refractivity contribution in [3.8, 4) is 11.5 Å². The van der Waals surface area contributed by atoms with E-state index in [1.165, 1.54) is 13.2 Å². The van der Waals surface area contributed by atoms with Crippen molar-refractivity contribution in [3.63, 3.8) is 0 Å². The van der Waals surface area contributed by atoms with Gasteiger partial charge in [-0.1, -0.05) is 49.3 Å². The Morgan fingerprint density at radius 3 is 2.13 bits per heavy atom. The van der Waals surface area contributed by atoms with E-state index in [0.717, 1.165) is 28.9 Å². The van der Waals surface area contributed by atoms with Crippen LogP contribution in [0.4, 0.5) is 0 Å². The van der Waals surface area contributed by atoms with Crippen LogP contribution in [-0.2, 0) is 19.1 Å². The van der Waals surface area contributed by atoms with Crippen molar-refractivity contribution in [3.05, 3.63) is 64.8 Å². The zero-order valence-electron chi connectivity index (χ0n) is 29.8. The Labute approximate surface area is 279 Å². The highest BCUT2D eigenvalue weighted by atomic mass is 16.5. The number of aromatic hydroxyl groups is 2. The average molecular weight is 651 g/mol. The Morgan fingerprint density at radius 2 is 1.62 bits per heavy atom. The van der Waals surface area contributed by atoms with Gasteiger partial charge >= 0.3 is 0 Å². The van der Waals surface area contributed by atoms with Gasteiger partial charge in [-0.25, -0.2) is 0 Å². The van der Waals surface area contributed by atoms with E-state index in [4.69, 9.17) is 4.74 Å². The number of ketones is 3. The van der Waals surface area contributed by atoms with E-state index in [1.54, 1.807) is 13.8 Å². The number of carbonyl (C=O) groups excluding carboxylic acids is 3. The maximum Gasteiger partial charge on any atom is 0.184 e. The maximum absolute atomic E-state index is 15.3. The first-order chi connectivity index (χ1) is 21.6. The van der Waals surface area contributed by atoms with E-state index in [0.29, 0.717) is 6.42 Å². The molecule has 8 nitrogen and oxygen atoms in total. The number of methoxy groups -OCH3 is 1. The number of aliphatic hydroxyl groups is 2. The second kappa shape index (κ2) is 13.6. The first-order valence-corrected chi connectivity index (χ1v) is 16.4. The number of rotatable bonds is 12. The van der Waals surface area contributed by atoms with E-state index in [9.17, 15) is 25.2 Å². The number of phenols is 2. The molecule has 8 heteroatoms. The fourth-order valence-corrected chi connectivity index (χ4v) is 7.39. The SMILES string of the molecule is C=C(C)C(CC=C(C)C)C[C@@]12C[C@@H](C[C@H](O)C(C)(C)OC)C(C)(C)[C@@](CC=C(C)C)(C(=O)/C(=C(/O)c3ccc(O)c(O)c3)C1=O)C2=O. The van der Waals surface area contributed by atoms with Crippen LogP contribution in [0.3, 0.4) is 0 Å². The summed E-state index contributed by atoms with van der Waals surface area (Å²) in [6.45, 7) is 21.0. The third-order valence-electron chi connectivity index (χ3n) is 11.1. The molecule has 1 aromatic rings. The van der Waals surface area contributed by atoms with Gasteiger partial charge in [0.2, 0.25) is 0 Å². The van der Waals surface area contributed by atoms with Crippen LogP contribution in [0.2, 0.25) is 0 Å². The highest BCUT2D eigenvalue weighted by Crippen LogP contribution is 2.66. The van der Waals surface area contributed by atoms with Crippen molar-refractivity contribution in [2.45, 2.75) is 106 Å². The minimum Gasteiger partial charge on any atom is -0.506 e. The summed E-state index contributed by atoms with van der Waals surface area (Å²) in [7, 11) is 1.51. The summed E-state index contributed by atoms with van der Waals surface area (Å²) in [5.74, 6) is -4.40. The summed E-state index contributed by atoms with van der Waals surface area (Å²) in [6, 6.07) is 3.56. The zero-order chi connectivity index (χ0) is 35.9. The third-order valence-corrected chi connectivity index (χ3v) is 11.1. The number of phenolic OH excluding ortho intramolecular Hbond substituents is 2. The van der Waals surface area contributed by atoms with Gasteiger partial charge in [-0.15, -0.1) is 0 Å². The topological polar surface area (TPSA) is 141 Å². The molecule has 2 bridgehead atoms. The fourth-order valence-electron chi connectivity index (χ4n) is 7.39. The monoisotopic (exact) mass is 650 g/mol. The summed E-state index contributed by atoms with van der Waals surface area (Å²) in [5.41, 5.74) is -3.29. The van der Waals surface area contributed by atoms with Gasteiger partial charge in [0.1, 0.15) is 16.7 Å².